The van der Waals surface area contributed by atoms with Gasteiger partial charge in [-0.05, 0) is 30.7 Å². The van der Waals surface area contributed by atoms with E-state index in [0.29, 0.717) is 17.6 Å². The molecule has 0 saturated carbocycles. The van der Waals surface area contributed by atoms with Crippen molar-refractivity contribution in [2.45, 2.75) is 20.1 Å². The highest BCUT2D eigenvalue weighted by atomic mass is 32.1. The molecule has 0 radical (unpaired) electrons. The van der Waals surface area contributed by atoms with E-state index < -0.39 is 0 Å². The highest BCUT2D eigenvalue weighted by Gasteiger charge is 2.20. The summed E-state index contributed by atoms with van der Waals surface area (Å²) in [7, 11) is 1.92. The van der Waals surface area contributed by atoms with Crippen LogP contribution in [0.25, 0.3) is 21.0 Å². The molecule has 0 amide bonds. The molecule has 0 spiro atoms. The molecule has 26 heavy (non-hydrogen) atoms. The Labute approximate surface area is 154 Å². The Morgan fingerprint density at radius 2 is 1.96 bits per heavy atom. The molecule has 0 saturated heterocycles. The highest BCUT2D eigenvalue weighted by Crippen LogP contribution is 2.31. The largest absolute Gasteiger partial charge is 0.487 e. The summed E-state index contributed by atoms with van der Waals surface area (Å²) in [5.74, 6) is 0.772. The molecule has 1 N–H and O–H groups in total. The maximum Gasteiger partial charge on any atom is 0.242 e. The summed E-state index contributed by atoms with van der Waals surface area (Å²) in [5.41, 5.74) is 3.46. The molecule has 0 aliphatic rings. The predicted octanol–water partition coefficient (Wildman–Crippen LogP) is 4.13. The van der Waals surface area contributed by atoms with Crippen molar-refractivity contribution in [1.29, 1.82) is 0 Å². The van der Waals surface area contributed by atoms with Crippen LogP contribution in [-0.4, -0.2) is 9.67 Å². The van der Waals surface area contributed by atoms with Crippen molar-refractivity contribution in [1.82, 2.24) is 4.57 Å². The van der Waals surface area contributed by atoms with Gasteiger partial charge in [-0.2, -0.15) is 0 Å². The van der Waals surface area contributed by atoms with Gasteiger partial charge in [0.25, 0.3) is 0 Å². The number of fused-ring (bicyclic) bond motifs is 3. The zero-order valence-corrected chi connectivity index (χ0v) is 15.5. The molecule has 5 heteroatoms. The summed E-state index contributed by atoms with van der Waals surface area (Å²) < 4.78 is 8.84. The van der Waals surface area contributed by atoms with Gasteiger partial charge in [-0.3, -0.25) is 4.79 Å². The lowest BCUT2D eigenvalue weighted by atomic mass is 10.1. The van der Waals surface area contributed by atoms with E-state index in [4.69, 9.17) is 4.74 Å². The lowest BCUT2D eigenvalue weighted by molar-refractivity contribution is 0.267. The monoisotopic (exact) mass is 365 g/mol. The molecule has 0 fully saturated rings. The van der Waals surface area contributed by atoms with Crippen molar-refractivity contribution in [2.24, 2.45) is 7.05 Å². The number of aliphatic hydroxyl groups is 1. The smallest absolute Gasteiger partial charge is 0.242 e. The number of rotatable bonds is 4. The molecule has 0 unspecified atom stereocenters. The van der Waals surface area contributed by atoms with Crippen molar-refractivity contribution >= 4 is 32.3 Å². The fraction of sp³-hybridized carbons (Fsp3) is 0.190. The van der Waals surface area contributed by atoms with Crippen LogP contribution in [0.15, 0.2) is 53.3 Å². The van der Waals surface area contributed by atoms with Crippen LogP contribution in [0.2, 0.25) is 0 Å². The fourth-order valence-corrected chi connectivity index (χ4v) is 4.38. The minimum atomic E-state index is -0.190. The third-order valence-electron chi connectivity index (χ3n) is 4.70. The molecule has 4 aromatic rings. The third-order valence-corrected chi connectivity index (χ3v) is 5.66. The topological polar surface area (TPSA) is 51.5 Å². The number of benzene rings is 2. The first kappa shape index (κ1) is 16.8. The second kappa shape index (κ2) is 6.59. The molecule has 2 aromatic carbocycles. The van der Waals surface area contributed by atoms with Crippen LogP contribution in [0.5, 0.6) is 5.75 Å². The number of aliphatic hydroxyl groups excluding tert-OH is 1. The van der Waals surface area contributed by atoms with Crippen molar-refractivity contribution in [2.75, 3.05) is 0 Å². The second-order valence-corrected chi connectivity index (χ2v) is 7.37. The zero-order valence-electron chi connectivity index (χ0n) is 14.7. The number of ether oxygens (including phenoxy) is 1. The van der Waals surface area contributed by atoms with Crippen LogP contribution in [0.3, 0.4) is 0 Å². The number of hydrogen-bond acceptors (Lipinski definition) is 4. The van der Waals surface area contributed by atoms with Crippen LogP contribution in [-0.2, 0) is 20.3 Å². The first-order valence-corrected chi connectivity index (χ1v) is 9.24. The van der Waals surface area contributed by atoms with E-state index in [1.54, 1.807) is 0 Å². The Hall–Kier alpha value is -2.63. The highest BCUT2D eigenvalue weighted by molar-refractivity contribution is 7.17. The molecule has 2 heterocycles. The summed E-state index contributed by atoms with van der Waals surface area (Å²) in [6.45, 7) is 2.12. The average Bonchev–Trinajstić information content (AvgIpc) is 2.93. The summed E-state index contributed by atoms with van der Waals surface area (Å²) in [6, 6.07) is 15.7. The van der Waals surface area contributed by atoms with Crippen molar-refractivity contribution < 1.29 is 9.84 Å². The quantitative estimate of drug-likeness (QED) is 0.591. The van der Waals surface area contributed by atoms with Gasteiger partial charge in [0.1, 0.15) is 12.4 Å². The Kier molecular flexibility index (Phi) is 4.26. The molecule has 4 nitrogen and oxygen atoms in total. The van der Waals surface area contributed by atoms with Gasteiger partial charge in [0.2, 0.25) is 4.74 Å². The first-order chi connectivity index (χ1) is 12.6. The van der Waals surface area contributed by atoms with Crippen LogP contribution in [0, 0.1) is 6.92 Å². The fourth-order valence-electron chi connectivity index (χ4n) is 3.44. The minimum Gasteiger partial charge on any atom is -0.487 e. The SMILES string of the molecule is Cc1cccc(OCc2c(CO)c3c(=O)sc4ccccc4c3n2C)c1. The van der Waals surface area contributed by atoms with E-state index in [1.807, 2.05) is 67.1 Å². The predicted molar refractivity (Wildman–Crippen MR) is 106 cm³/mol. The summed E-state index contributed by atoms with van der Waals surface area (Å²) in [4.78, 5) is 12.7. The van der Waals surface area contributed by atoms with Gasteiger partial charge in [0.05, 0.1) is 23.2 Å². The Bertz CT molecular complexity index is 1170. The van der Waals surface area contributed by atoms with Gasteiger partial charge in [-0.25, -0.2) is 0 Å². The maximum absolute atomic E-state index is 12.7. The van der Waals surface area contributed by atoms with Crippen LogP contribution < -0.4 is 9.48 Å². The minimum absolute atomic E-state index is 0.0276. The van der Waals surface area contributed by atoms with Gasteiger partial charge >= 0.3 is 0 Å². The molecular formula is C21H19NO3S. The lowest BCUT2D eigenvalue weighted by Gasteiger charge is -2.10. The summed E-state index contributed by atoms with van der Waals surface area (Å²) in [6.07, 6.45) is 0. The summed E-state index contributed by atoms with van der Waals surface area (Å²) >= 11 is 1.22. The second-order valence-electron chi connectivity index (χ2n) is 6.36. The number of nitrogens with zero attached hydrogens (tertiary/aromatic N) is 1. The van der Waals surface area contributed by atoms with E-state index in [9.17, 15) is 9.90 Å². The Morgan fingerprint density at radius 3 is 2.73 bits per heavy atom. The molecule has 2 aromatic heterocycles. The lowest BCUT2D eigenvalue weighted by Crippen LogP contribution is -2.05. The normalized spacial score (nSPS) is 11.3. The standard InChI is InChI=1S/C21H19NO3S/c1-13-6-5-7-14(10-13)25-12-17-16(11-23)19-20(22(17)2)15-8-3-4-9-18(15)26-21(19)24/h3-10,23H,11-12H2,1-2H3. The van der Waals surface area contributed by atoms with Gasteiger partial charge in [-0.15, -0.1) is 0 Å². The first-order valence-electron chi connectivity index (χ1n) is 8.42. The average molecular weight is 365 g/mol. The Morgan fingerprint density at radius 1 is 1.15 bits per heavy atom. The van der Waals surface area contributed by atoms with Crippen LogP contribution in [0.1, 0.15) is 16.8 Å². The molecule has 4 rings (SSSR count). The zero-order chi connectivity index (χ0) is 18.3. The van der Waals surface area contributed by atoms with Crippen LogP contribution in [0.4, 0.5) is 0 Å². The molecule has 132 valence electrons. The van der Waals surface area contributed by atoms with E-state index >= 15 is 0 Å². The van der Waals surface area contributed by atoms with Crippen molar-refractivity contribution in [3.05, 3.63) is 74.9 Å². The van der Waals surface area contributed by atoms with E-state index in [2.05, 4.69) is 0 Å². The molecule has 0 aliphatic carbocycles. The van der Waals surface area contributed by atoms with Gasteiger partial charge < -0.3 is 14.4 Å². The van der Waals surface area contributed by atoms with Crippen LogP contribution >= 0.6 is 11.3 Å². The van der Waals surface area contributed by atoms with Crippen molar-refractivity contribution in [3.8, 4) is 5.75 Å². The molecule has 0 aliphatic heterocycles. The number of hydrogen-bond donors (Lipinski definition) is 1. The van der Waals surface area contributed by atoms with E-state index in [1.165, 1.54) is 11.3 Å². The number of aryl methyl sites for hydroxylation is 2. The van der Waals surface area contributed by atoms with Crippen molar-refractivity contribution in [3.63, 3.8) is 0 Å². The maximum atomic E-state index is 12.7. The molecular weight excluding hydrogens is 346 g/mol. The molecule has 0 bridgehead atoms. The summed E-state index contributed by atoms with van der Waals surface area (Å²) in [5, 5.41) is 11.6. The number of aromatic nitrogens is 1. The van der Waals surface area contributed by atoms with E-state index in [-0.39, 0.29) is 11.3 Å². The van der Waals surface area contributed by atoms with Gasteiger partial charge in [-0.1, -0.05) is 41.7 Å². The third kappa shape index (κ3) is 2.69. The van der Waals surface area contributed by atoms with E-state index in [0.717, 1.165) is 32.6 Å². The Balaban J connectivity index is 1.89. The van der Waals surface area contributed by atoms with Gasteiger partial charge in [0.15, 0.2) is 0 Å². The van der Waals surface area contributed by atoms with Gasteiger partial charge in [0, 0.05) is 22.7 Å². The molecule has 0 atom stereocenters.